The smallest absolute Gasteiger partial charge is 0.416 e. The third-order valence-corrected chi connectivity index (χ3v) is 4.03. The van der Waals surface area contributed by atoms with E-state index in [9.17, 15) is 18.0 Å². The van der Waals surface area contributed by atoms with Gasteiger partial charge in [-0.2, -0.15) is 13.2 Å². The topological polar surface area (TPSA) is 100 Å². The Balaban J connectivity index is 2.17. The molecule has 0 heterocycles. The molecule has 0 aromatic heterocycles. The average molecular weight is 406 g/mol. The van der Waals surface area contributed by atoms with Gasteiger partial charge in [0, 0.05) is 36.0 Å². The van der Waals surface area contributed by atoms with E-state index in [1.807, 2.05) is 0 Å². The number of nitrogens with two attached hydrogens (primary N) is 1. The van der Waals surface area contributed by atoms with Crippen molar-refractivity contribution in [2.75, 3.05) is 13.7 Å². The minimum atomic E-state index is -4.53. The fraction of sp³-hybridized carbons (Fsp3) is 0.200. The zero-order valence-electron chi connectivity index (χ0n) is 15.7. The van der Waals surface area contributed by atoms with Crippen LogP contribution in [0.25, 0.3) is 0 Å². The van der Waals surface area contributed by atoms with Crippen molar-refractivity contribution >= 4 is 11.7 Å². The van der Waals surface area contributed by atoms with Crippen molar-refractivity contribution in [1.82, 2.24) is 10.6 Å². The lowest BCUT2D eigenvalue weighted by atomic mass is 10.1. The maximum absolute atomic E-state index is 12.8. The van der Waals surface area contributed by atoms with Crippen LogP contribution in [0.15, 0.2) is 54.7 Å². The summed E-state index contributed by atoms with van der Waals surface area (Å²) < 4.78 is 44.2. The summed E-state index contributed by atoms with van der Waals surface area (Å²) in [5, 5.41) is 12.9. The van der Waals surface area contributed by atoms with Gasteiger partial charge in [-0.05, 0) is 24.3 Å². The van der Waals surface area contributed by atoms with Crippen LogP contribution in [0.4, 0.5) is 13.2 Å². The van der Waals surface area contributed by atoms with Crippen LogP contribution in [0.2, 0.25) is 0 Å². The van der Waals surface area contributed by atoms with Gasteiger partial charge in [-0.25, -0.2) is 0 Å². The molecule has 9 heteroatoms. The minimum Gasteiger partial charge on any atom is -0.487 e. The summed E-state index contributed by atoms with van der Waals surface area (Å²) in [5.41, 5.74) is 6.11. The Morgan fingerprint density at radius 1 is 1.21 bits per heavy atom. The van der Waals surface area contributed by atoms with E-state index < -0.39 is 17.6 Å². The van der Waals surface area contributed by atoms with Gasteiger partial charge in [0.2, 0.25) is 0 Å². The van der Waals surface area contributed by atoms with E-state index in [0.29, 0.717) is 22.6 Å². The first-order chi connectivity index (χ1) is 13.6. The fourth-order valence-corrected chi connectivity index (χ4v) is 2.35. The van der Waals surface area contributed by atoms with E-state index >= 15 is 0 Å². The van der Waals surface area contributed by atoms with E-state index in [-0.39, 0.29) is 24.6 Å². The summed E-state index contributed by atoms with van der Waals surface area (Å²) in [6.45, 7) is 3.91. The standard InChI is InChI=1S/C20H21F3N4O2/c1-12(26-2)11-29-17-9-13(18(24)25)6-7-15(17)10-27-19(28)14-4-3-5-16(8-14)20(21,22)23/h3-9,26H,1,10-11H2,2H3,(H3,24,25)(H,27,28). The molecule has 0 fully saturated rings. The summed E-state index contributed by atoms with van der Waals surface area (Å²) in [5.74, 6) is -0.433. The Hall–Kier alpha value is -3.49. The lowest BCUT2D eigenvalue weighted by molar-refractivity contribution is -0.137. The Labute approximate surface area is 166 Å². The van der Waals surface area contributed by atoms with Crippen LogP contribution in [-0.2, 0) is 12.7 Å². The second kappa shape index (κ2) is 9.13. The molecule has 0 saturated heterocycles. The minimum absolute atomic E-state index is 0.00856. The number of nitrogens with one attached hydrogen (secondary N) is 3. The first kappa shape index (κ1) is 21.8. The zero-order chi connectivity index (χ0) is 21.6. The van der Waals surface area contributed by atoms with E-state index in [4.69, 9.17) is 15.9 Å². The number of hydrogen-bond donors (Lipinski definition) is 4. The van der Waals surface area contributed by atoms with Crippen LogP contribution < -0.4 is 21.1 Å². The number of hydrogen-bond acceptors (Lipinski definition) is 4. The van der Waals surface area contributed by atoms with Crippen LogP contribution in [0, 0.1) is 5.41 Å². The third-order valence-electron chi connectivity index (χ3n) is 4.03. The summed E-state index contributed by atoms with van der Waals surface area (Å²) in [4.78, 5) is 12.3. The second-order valence-corrected chi connectivity index (χ2v) is 6.14. The van der Waals surface area contributed by atoms with Gasteiger partial charge in [0.05, 0.1) is 5.56 Å². The SMILES string of the molecule is C=C(COc1cc(C(=N)N)ccc1CNC(=O)c1cccc(C(F)(F)F)c1)NC. The molecule has 0 aliphatic carbocycles. The van der Waals surface area contributed by atoms with Crippen LogP contribution in [0.1, 0.15) is 27.0 Å². The molecule has 0 bridgehead atoms. The number of carbonyl (C=O) groups is 1. The van der Waals surface area contributed by atoms with Crippen LogP contribution >= 0.6 is 0 Å². The van der Waals surface area contributed by atoms with E-state index in [0.717, 1.165) is 12.1 Å². The highest BCUT2D eigenvalue weighted by Gasteiger charge is 2.30. The molecule has 6 nitrogen and oxygen atoms in total. The van der Waals surface area contributed by atoms with Crippen molar-refractivity contribution in [3.05, 3.63) is 77.0 Å². The molecular formula is C20H21F3N4O2. The normalized spacial score (nSPS) is 10.9. The lowest BCUT2D eigenvalue weighted by Gasteiger charge is -2.15. The molecule has 2 rings (SSSR count). The van der Waals surface area contributed by atoms with E-state index in [1.165, 1.54) is 12.1 Å². The number of benzene rings is 2. The Morgan fingerprint density at radius 2 is 1.93 bits per heavy atom. The number of amidine groups is 1. The molecule has 2 aromatic rings. The molecule has 0 aliphatic rings. The molecule has 0 aliphatic heterocycles. The average Bonchev–Trinajstić information content (AvgIpc) is 2.69. The zero-order valence-corrected chi connectivity index (χ0v) is 15.7. The van der Waals surface area contributed by atoms with Crippen molar-refractivity contribution in [3.8, 4) is 5.75 Å². The first-order valence-corrected chi connectivity index (χ1v) is 8.53. The van der Waals surface area contributed by atoms with Gasteiger partial charge in [0.15, 0.2) is 0 Å². The lowest BCUT2D eigenvalue weighted by Crippen LogP contribution is -2.24. The largest absolute Gasteiger partial charge is 0.487 e. The van der Waals surface area contributed by atoms with Gasteiger partial charge in [-0.3, -0.25) is 10.2 Å². The van der Waals surface area contributed by atoms with Gasteiger partial charge < -0.3 is 21.1 Å². The van der Waals surface area contributed by atoms with Gasteiger partial charge in [-0.1, -0.05) is 24.8 Å². The van der Waals surface area contributed by atoms with Crippen molar-refractivity contribution in [1.29, 1.82) is 5.41 Å². The molecule has 154 valence electrons. The maximum atomic E-state index is 12.8. The summed E-state index contributed by atoms with van der Waals surface area (Å²) in [7, 11) is 1.69. The Morgan fingerprint density at radius 3 is 2.55 bits per heavy atom. The van der Waals surface area contributed by atoms with Crippen LogP contribution in [-0.4, -0.2) is 25.4 Å². The highest BCUT2D eigenvalue weighted by Crippen LogP contribution is 2.29. The van der Waals surface area contributed by atoms with Crippen molar-refractivity contribution in [3.63, 3.8) is 0 Å². The third kappa shape index (κ3) is 6.00. The molecule has 0 atom stereocenters. The van der Waals surface area contributed by atoms with E-state index in [2.05, 4.69) is 17.2 Å². The number of nitrogen functional groups attached to an aromatic ring is 1. The van der Waals surface area contributed by atoms with Crippen molar-refractivity contribution in [2.24, 2.45) is 5.73 Å². The van der Waals surface area contributed by atoms with E-state index in [1.54, 1.807) is 25.2 Å². The molecule has 29 heavy (non-hydrogen) atoms. The molecule has 0 saturated carbocycles. The van der Waals surface area contributed by atoms with Crippen LogP contribution in [0.3, 0.4) is 0 Å². The second-order valence-electron chi connectivity index (χ2n) is 6.14. The quantitative estimate of drug-likeness (QED) is 0.400. The number of carbonyl (C=O) groups excluding carboxylic acids is 1. The number of likely N-dealkylation sites (N-methyl/N-ethyl adjacent to an activating group) is 1. The molecule has 0 unspecified atom stereocenters. The predicted molar refractivity (Wildman–Crippen MR) is 104 cm³/mol. The molecule has 2 aromatic carbocycles. The van der Waals surface area contributed by atoms with Gasteiger partial charge in [0.1, 0.15) is 18.2 Å². The van der Waals surface area contributed by atoms with Gasteiger partial charge in [0.25, 0.3) is 5.91 Å². The Kier molecular flexibility index (Phi) is 6.87. The first-order valence-electron chi connectivity index (χ1n) is 8.53. The van der Waals surface area contributed by atoms with Gasteiger partial charge >= 0.3 is 6.18 Å². The predicted octanol–water partition coefficient (Wildman–Crippen LogP) is 3.03. The highest BCUT2D eigenvalue weighted by atomic mass is 19.4. The number of amides is 1. The summed E-state index contributed by atoms with van der Waals surface area (Å²) >= 11 is 0. The molecular weight excluding hydrogens is 385 g/mol. The molecule has 5 N–H and O–H groups in total. The number of rotatable bonds is 8. The maximum Gasteiger partial charge on any atom is 0.416 e. The fourth-order valence-electron chi connectivity index (χ4n) is 2.35. The monoisotopic (exact) mass is 406 g/mol. The summed E-state index contributed by atoms with van der Waals surface area (Å²) in [6, 6.07) is 8.95. The highest BCUT2D eigenvalue weighted by molar-refractivity contribution is 5.96. The number of halogens is 3. The van der Waals surface area contributed by atoms with Crippen LogP contribution in [0.5, 0.6) is 5.75 Å². The number of ether oxygens (including phenoxy) is 1. The van der Waals surface area contributed by atoms with Crippen molar-refractivity contribution < 1.29 is 22.7 Å². The summed E-state index contributed by atoms with van der Waals surface area (Å²) in [6.07, 6.45) is -4.53. The Bertz CT molecular complexity index is 926. The molecule has 0 spiro atoms. The van der Waals surface area contributed by atoms with Crippen molar-refractivity contribution in [2.45, 2.75) is 12.7 Å². The number of alkyl halides is 3. The molecule has 0 radical (unpaired) electrons. The van der Waals surface area contributed by atoms with Gasteiger partial charge in [-0.15, -0.1) is 0 Å². The molecule has 1 amide bonds.